The first-order chi connectivity index (χ1) is 7.59. The van der Waals surface area contributed by atoms with Crippen LogP contribution in [0.1, 0.15) is 24.2 Å². The van der Waals surface area contributed by atoms with E-state index >= 15 is 0 Å². The molecule has 16 heavy (non-hydrogen) atoms. The van der Waals surface area contributed by atoms with Crippen molar-refractivity contribution in [3.63, 3.8) is 0 Å². The topological polar surface area (TPSA) is 52.3 Å². The predicted octanol–water partition coefficient (Wildman–Crippen LogP) is 1.48. The molecule has 1 rings (SSSR count). The lowest BCUT2D eigenvalue weighted by Crippen LogP contribution is -2.10. The number of esters is 1. The first-order valence-electron chi connectivity index (χ1n) is 5.25. The summed E-state index contributed by atoms with van der Waals surface area (Å²) in [6.07, 6.45) is 0.550. The van der Waals surface area contributed by atoms with Crippen molar-refractivity contribution in [2.24, 2.45) is 0 Å². The average molecular weight is 235 g/mol. The van der Waals surface area contributed by atoms with Crippen LogP contribution < -0.4 is 5.73 Å². The SMILES string of the molecule is CC(C)=C[SiH2]COC(=O)c1ccc(N)cc1. The number of ether oxygens (including phenoxy) is 1. The monoisotopic (exact) mass is 235 g/mol. The van der Waals surface area contributed by atoms with Crippen molar-refractivity contribution in [1.29, 1.82) is 0 Å². The molecule has 0 bridgehead atoms. The number of carbonyl (C=O) groups excluding carboxylic acids is 1. The van der Waals surface area contributed by atoms with Gasteiger partial charge in [0.05, 0.1) is 21.3 Å². The van der Waals surface area contributed by atoms with Gasteiger partial charge in [0, 0.05) is 5.69 Å². The van der Waals surface area contributed by atoms with E-state index in [0.29, 0.717) is 17.5 Å². The molecule has 0 aliphatic rings. The van der Waals surface area contributed by atoms with Crippen LogP contribution in [-0.4, -0.2) is 21.7 Å². The molecule has 0 fully saturated rings. The van der Waals surface area contributed by atoms with Crippen molar-refractivity contribution in [1.82, 2.24) is 0 Å². The van der Waals surface area contributed by atoms with Crippen LogP contribution in [0.25, 0.3) is 0 Å². The quantitative estimate of drug-likeness (QED) is 0.372. The van der Waals surface area contributed by atoms with Gasteiger partial charge in [-0.05, 0) is 38.1 Å². The molecule has 0 aromatic heterocycles. The lowest BCUT2D eigenvalue weighted by Gasteiger charge is -2.03. The van der Waals surface area contributed by atoms with E-state index in [1.54, 1.807) is 24.3 Å². The minimum Gasteiger partial charge on any atom is -0.466 e. The highest BCUT2D eigenvalue weighted by Crippen LogP contribution is 2.06. The van der Waals surface area contributed by atoms with Crippen molar-refractivity contribution < 1.29 is 9.53 Å². The molecule has 4 heteroatoms. The van der Waals surface area contributed by atoms with Gasteiger partial charge in [0.15, 0.2) is 0 Å². The number of rotatable bonds is 4. The number of allylic oxidation sites excluding steroid dienone is 1. The van der Waals surface area contributed by atoms with Crippen LogP contribution in [0.5, 0.6) is 0 Å². The zero-order valence-electron chi connectivity index (χ0n) is 9.69. The van der Waals surface area contributed by atoms with Crippen molar-refractivity contribution in [3.05, 3.63) is 41.1 Å². The van der Waals surface area contributed by atoms with Gasteiger partial charge in [0.1, 0.15) is 0 Å². The number of benzene rings is 1. The Morgan fingerprint density at radius 1 is 1.38 bits per heavy atom. The van der Waals surface area contributed by atoms with Gasteiger partial charge >= 0.3 is 5.97 Å². The Labute approximate surface area is 98.1 Å². The Kier molecular flexibility index (Phi) is 4.79. The van der Waals surface area contributed by atoms with Gasteiger partial charge in [0.25, 0.3) is 0 Å². The number of nitrogen functional groups attached to an aromatic ring is 1. The van der Waals surface area contributed by atoms with E-state index in [1.165, 1.54) is 5.57 Å². The summed E-state index contributed by atoms with van der Waals surface area (Å²) in [5.74, 6) is -0.269. The summed E-state index contributed by atoms with van der Waals surface area (Å²) in [5.41, 5.74) is 10.2. The third-order valence-electron chi connectivity index (χ3n) is 2.05. The summed E-state index contributed by atoms with van der Waals surface area (Å²) in [6, 6.07) is 6.76. The minimum atomic E-state index is -0.421. The molecule has 0 amide bonds. The molecule has 1 aromatic rings. The highest BCUT2D eigenvalue weighted by molar-refractivity contribution is 6.42. The fraction of sp³-hybridized carbons (Fsp3) is 0.250. The van der Waals surface area contributed by atoms with Crippen LogP contribution in [-0.2, 0) is 4.74 Å². The van der Waals surface area contributed by atoms with Crippen LogP contribution in [0.15, 0.2) is 35.5 Å². The van der Waals surface area contributed by atoms with E-state index in [0.717, 1.165) is 0 Å². The summed E-state index contributed by atoms with van der Waals surface area (Å²) in [7, 11) is -0.421. The number of nitrogens with two attached hydrogens (primary N) is 1. The van der Waals surface area contributed by atoms with E-state index in [-0.39, 0.29) is 5.97 Å². The summed E-state index contributed by atoms with van der Waals surface area (Å²) in [4.78, 5) is 11.5. The highest BCUT2D eigenvalue weighted by atomic mass is 28.2. The molecule has 0 heterocycles. The molecule has 2 N–H and O–H groups in total. The molecule has 0 radical (unpaired) electrons. The minimum absolute atomic E-state index is 0.269. The molecule has 86 valence electrons. The zero-order chi connectivity index (χ0) is 12.0. The maximum atomic E-state index is 11.5. The molecule has 0 saturated carbocycles. The number of hydrogen-bond donors (Lipinski definition) is 1. The van der Waals surface area contributed by atoms with Gasteiger partial charge in [0.2, 0.25) is 0 Å². The molecule has 0 unspecified atom stereocenters. The van der Waals surface area contributed by atoms with Gasteiger partial charge in [-0.1, -0.05) is 11.3 Å². The molecule has 1 aromatic carbocycles. The van der Waals surface area contributed by atoms with Crippen molar-refractivity contribution in [2.75, 3.05) is 12.0 Å². The Morgan fingerprint density at radius 3 is 2.56 bits per heavy atom. The maximum absolute atomic E-state index is 11.5. The van der Waals surface area contributed by atoms with Gasteiger partial charge in [-0.3, -0.25) is 0 Å². The van der Waals surface area contributed by atoms with Crippen LogP contribution in [0, 0.1) is 0 Å². The van der Waals surface area contributed by atoms with Crippen molar-refractivity contribution in [3.8, 4) is 0 Å². The first kappa shape index (κ1) is 12.5. The Balaban J connectivity index is 2.41. The van der Waals surface area contributed by atoms with Gasteiger partial charge in [-0.25, -0.2) is 4.79 Å². The van der Waals surface area contributed by atoms with E-state index in [2.05, 4.69) is 19.5 Å². The molecular weight excluding hydrogens is 218 g/mol. The Bertz CT molecular complexity index is 381. The zero-order valence-corrected chi connectivity index (χ0v) is 11.1. The standard InChI is InChI=1S/C12H17NO2Si/c1-9(2)7-16-8-15-12(14)10-3-5-11(13)6-4-10/h3-7H,8,13,16H2,1-2H3. The van der Waals surface area contributed by atoms with Crippen LogP contribution >= 0.6 is 0 Å². The second kappa shape index (κ2) is 6.12. The van der Waals surface area contributed by atoms with Gasteiger partial charge in [-0.15, -0.1) is 0 Å². The van der Waals surface area contributed by atoms with Gasteiger partial charge in [-0.2, -0.15) is 0 Å². The summed E-state index contributed by atoms with van der Waals surface area (Å²) in [6.45, 7) is 4.10. The lowest BCUT2D eigenvalue weighted by atomic mass is 10.2. The fourth-order valence-corrected chi connectivity index (χ4v) is 2.20. The van der Waals surface area contributed by atoms with E-state index in [9.17, 15) is 4.79 Å². The fourth-order valence-electron chi connectivity index (χ4n) is 1.20. The second-order valence-corrected chi connectivity index (χ2v) is 5.22. The number of hydrogen-bond acceptors (Lipinski definition) is 3. The Morgan fingerprint density at radius 2 is 2.00 bits per heavy atom. The van der Waals surface area contributed by atoms with Gasteiger partial charge < -0.3 is 10.5 Å². The second-order valence-electron chi connectivity index (χ2n) is 3.83. The highest BCUT2D eigenvalue weighted by Gasteiger charge is 2.05. The van der Waals surface area contributed by atoms with E-state index < -0.39 is 9.52 Å². The van der Waals surface area contributed by atoms with E-state index in [1.807, 2.05) is 0 Å². The normalized spacial score (nSPS) is 10.4. The third kappa shape index (κ3) is 4.31. The summed E-state index contributed by atoms with van der Waals surface area (Å²) in [5, 5.41) is 0. The molecule has 0 aliphatic heterocycles. The smallest absolute Gasteiger partial charge is 0.337 e. The lowest BCUT2D eigenvalue weighted by molar-refractivity contribution is 0.0572. The largest absolute Gasteiger partial charge is 0.466 e. The van der Waals surface area contributed by atoms with Crippen LogP contribution in [0.2, 0.25) is 0 Å². The number of carbonyl (C=O) groups is 1. The summed E-state index contributed by atoms with van der Waals surface area (Å²) >= 11 is 0. The maximum Gasteiger partial charge on any atom is 0.337 e. The third-order valence-corrected chi connectivity index (χ3v) is 3.59. The van der Waals surface area contributed by atoms with Crippen LogP contribution in [0.4, 0.5) is 5.69 Å². The molecule has 0 saturated heterocycles. The Hall–Kier alpha value is -1.55. The van der Waals surface area contributed by atoms with E-state index in [4.69, 9.17) is 10.5 Å². The summed E-state index contributed by atoms with van der Waals surface area (Å²) < 4.78 is 5.16. The van der Waals surface area contributed by atoms with Crippen LogP contribution in [0.3, 0.4) is 0 Å². The average Bonchev–Trinajstić information content (AvgIpc) is 2.25. The van der Waals surface area contributed by atoms with Crippen molar-refractivity contribution in [2.45, 2.75) is 13.8 Å². The molecule has 3 nitrogen and oxygen atoms in total. The predicted molar refractivity (Wildman–Crippen MR) is 69.1 cm³/mol. The molecule has 0 aliphatic carbocycles. The van der Waals surface area contributed by atoms with Crippen molar-refractivity contribution >= 4 is 21.2 Å². The molecular formula is C12H17NO2Si. The molecule has 0 atom stereocenters. The molecule has 0 spiro atoms. The number of anilines is 1. The first-order valence-corrected chi connectivity index (χ1v) is 7.07.